The van der Waals surface area contributed by atoms with Crippen molar-refractivity contribution in [2.24, 2.45) is 0 Å². The van der Waals surface area contributed by atoms with Crippen molar-refractivity contribution >= 4 is 0 Å². The number of rotatable bonds is 13. The van der Waals surface area contributed by atoms with Crippen LogP contribution in [0.1, 0.15) is 39.0 Å². The highest BCUT2D eigenvalue weighted by Crippen LogP contribution is 2.66. The van der Waals surface area contributed by atoms with Crippen molar-refractivity contribution in [2.45, 2.75) is 98.4 Å². The molecule has 0 rings (SSSR count). The molecular weight excluding hydrogens is 588 g/mol. The van der Waals surface area contributed by atoms with Gasteiger partial charge in [-0.25, -0.2) is 4.39 Å². The maximum atomic E-state index is 14.4. The fourth-order valence-corrected chi connectivity index (χ4v) is 2.70. The number of hydrogen-bond donors (Lipinski definition) is 1. The van der Waals surface area contributed by atoms with E-state index < -0.39 is 78.7 Å². The molecule has 0 saturated heterocycles. The van der Waals surface area contributed by atoms with E-state index in [1.807, 2.05) is 0 Å². The van der Waals surface area contributed by atoms with E-state index in [0.29, 0.717) is 0 Å². The Hall–Kier alpha value is -1.44. The summed E-state index contributed by atoms with van der Waals surface area (Å²) in [5.41, 5.74) is -6.72. The van der Waals surface area contributed by atoms with E-state index >= 15 is 0 Å². The van der Waals surface area contributed by atoms with Gasteiger partial charge in [0.2, 0.25) is 0 Å². The molecule has 0 aromatic heterocycles. The summed E-state index contributed by atoms with van der Waals surface area (Å²) >= 11 is 0. The number of alkyl halides is 20. The Morgan fingerprint density at radius 1 is 0.405 bits per heavy atom. The van der Waals surface area contributed by atoms with E-state index in [2.05, 4.69) is 0 Å². The fraction of sp³-hybridized carbons (Fsp3) is 1.00. The van der Waals surface area contributed by atoms with Crippen LogP contribution in [0.25, 0.3) is 0 Å². The van der Waals surface area contributed by atoms with E-state index in [1.165, 1.54) is 6.92 Å². The van der Waals surface area contributed by atoms with Gasteiger partial charge in [0, 0.05) is 0 Å². The summed E-state index contributed by atoms with van der Waals surface area (Å²) in [5.74, 6) is -60.9. The average molecular weight is 602 g/mol. The van der Waals surface area contributed by atoms with Crippen LogP contribution in [0.5, 0.6) is 0 Å². The SMILES string of the molecule is CCCCCCC(F)(C(O)(F)F)C(F)(F)C(F)(F)C(F)(F)C(F)(F)C(F)(F)C(F)(F)C(F)(F)C(F)(F)F. The highest BCUT2D eigenvalue weighted by atomic mass is 19.4. The molecule has 224 valence electrons. The Labute approximate surface area is 192 Å². The van der Waals surface area contributed by atoms with Crippen molar-refractivity contribution in [1.29, 1.82) is 0 Å². The van der Waals surface area contributed by atoms with E-state index in [1.54, 1.807) is 0 Å². The molecule has 21 heteroatoms. The summed E-state index contributed by atoms with van der Waals surface area (Å²) in [4.78, 5) is 0. The van der Waals surface area contributed by atoms with Crippen LogP contribution in [0.2, 0.25) is 0 Å². The average Bonchev–Trinajstić information content (AvgIpc) is 2.68. The van der Waals surface area contributed by atoms with Crippen molar-refractivity contribution in [3.8, 4) is 0 Å². The predicted molar refractivity (Wildman–Crippen MR) is 80.4 cm³/mol. The van der Waals surface area contributed by atoms with Crippen LogP contribution in [0.15, 0.2) is 0 Å². The molecule has 0 amide bonds. The van der Waals surface area contributed by atoms with Crippen LogP contribution in [0, 0.1) is 0 Å². The van der Waals surface area contributed by atoms with Crippen LogP contribution >= 0.6 is 0 Å². The molecular formula is C16H14F20O. The first-order chi connectivity index (χ1) is 15.8. The molecule has 1 N–H and O–H groups in total. The summed E-state index contributed by atoms with van der Waals surface area (Å²) in [6.07, 6.45) is -19.8. The molecule has 0 heterocycles. The molecule has 0 fully saturated rings. The van der Waals surface area contributed by atoms with Gasteiger partial charge in [-0.15, -0.1) is 0 Å². The lowest BCUT2D eigenvalue weighted by atomic mass is 9.80. The molecule has 1 nitrogen and oxygen atoms in total. The highest BCUT2D eigenvalue weighted by molar-refractivity contribution is 5.18. The van der Waals surface area contributed by atoms with Crippen molar-refractivity contribution < 1.29 is 92.9 Å². The quantitative estimate of drug-likeness (QED) is 0.166. The molecule has 0 aliphatic rings. The topological polar surface area (TPSA) is 20.2 Å². The lowest BCUT2D eigenvalue weighted by molar-refractivity contribution is -0.473. The third-order valence-corrected chi connectivity index (χ3v) is 5.07. The number of unbranched alkanes of at least 4 members (excludes halogenated alkanes) is 3. The van der Waals surface area contributed by atoms with E-state index in [4.69, 9.17) is 5.11 Å². The fourth-order valence-electron chi connectivity index (χ4n) is 2.70. The minimum Gasteiger partial charge on any atom is -0.334 e. The van der Waals surface area contributed by atoms with Crippen molar-refractivity contribution in [2.75, 3.05) is 0 Å². The van der Waals surface area contributed by atoms with Crippen LogP contribution in [-0.2, 0) is 0 Å². The van der Waals surface area contributed by atoms with Crippen molar-refractivity contribution in [3.63, 3.8) is 0 Å². The van der Waals surface area contributed by atoms with Gasteiger partial charge >= 0.3 is 53.7 Å². The zero-order valence-electron chi connectivity index (χ0n) is 17.5. The van der Waals surface area contributed by atoms with Gasteiger partial charge in [-0.2, -0.15) is 83.4 Å². The smallest absolute Gasteiger partial charge is 0.334 e. The lowest BCUT2D eigenvalue weighted by Gasteiger charge is -2.45. The number of hydrogen-bond acceptors (Lipinski definition) is 1. The van der Waals surface area contributed by atoms with E-state index in [0.717, 1.165) is 0 Å². The van der Waals surface area contributed by atoms with Gasteiger partial charge in [-0.1, -0.05) is 26.2 Å². The summed E-state index contributed by atoms with van der Waals surface area (Å²) in [5, 5.41) is 8.30. The molecule has 37 heavy (non-hydrogen) atoms. The van der Waals surface area contributed by atoms with Gasteiger partial charge in [0.25, 0.3) is 5.67 Å². The summed E-state index contributed by atoms with van der Waals surface area (Å²) < 4.78 is 266. The second kappa shape index (κ2) is 9.63. The largest absolute Gasteiger partial charge is 0.460 e. The minimum absolute atomic E-state index is 0.0809. The van der Waals surface area contributed by atoms with Crippen LogP contribution in [-0.4, -0.2) is 64.5 Å². The molecule has 0 aliphatic carbocycles. The second-order valence-electron chi connectivity index (χ2n) is 7.67. The maximum Gasteiger partial charge on any atom is 0.460 e. The molecule has 0 radical (unpaired) electrons. The molecule has 0 saturated carbocycles. The summed E-state index contributed by atoms with van der Waals surface area (Å²) in [6, 6.07) is 0. The third kappa shape index (κ3) is 4.89. The Morgan fingerprint density at radius 3 is 0.973 bits per heavy atom. The van der Waals surface area contributed by atoms with Crippen LogP contribution in [0.3, 0.4) is 0 Å². The molecule has 0 aromatic rings. The maximum absolute atomic E-state index is 14.4. The van der Waals surface area contributed by atoms with Gasteiger partial charge in [0.15, 0.2) is 0 Å². The standard InChI is InChI=1S/C16H14F20O/c1-2-3-4-5-6-7(17,16(35,36)37)8(18,19)9(20,21)10(22,23)11(24,25)12(26,27)13(28,29)14(30,31)15(32,33)34/h37H,2-6H2,1H3. The number of aliphatic hydroxyl groups is 1. The number of halogens is 20. The molecule has 0 bridgehead atoms. The van der Waals surface area contributed by atoms with Crippen molar-refractivity contribution in [1.82, 2.24) is 0 Å². The van der Waals surface area contributed by atoms with Gasteiger partial charge in [0.05, 0.1) is 0 Å². The normalized spacial score (nSPS) is 17.7. The summed E-state index contributed by atoms with van der Waals surface area (Å²) in [7, 11) is 0. The monoisotopic (exact) mass is 602 g/mol. The summed E-state index contributed by atoms with van der Waals surface area (Å²) in [6.45, 7) is 1.33. The van der Waals surface area contributed by atoms with E-state index in [9.17, 15) is 87.8 Å². The predicted octanol–water partition coefficient (Wildman–Crippen LogP) is 8.26. The van der Waals surface area contributed by atoms with Gasteiger partial charge in [0.1, 0.15) is 0 Å². The van der Waals surface area contributed by atoms with E-state index in [-0.39, 0.29) is 12.8 Å². The van der Waals surface area contributed by atoms with Crippen LogP contribution in [0.4, 0.5) is 87.8 Å². The zero-order valence-corrected chi connectivity index (χ0v) is 17.5. The van der Waals surface area contributed by atoms with Gasteiger partial charge in [-0.05, 0) is 12.8 Å². The Morgan fingerprint density at radius 2 is 0.703 bits per heavy atom. The van der Waals surface area contributed by atoms with Gasteiger partial charge in [-0.3, -0.25) is 0 Å². The minimum atomic E-state index is -9.04. The highest BCUT2D eigenvalue weighted by Gasteiger charge is 2.97. The first-order valence-corrected chi connectivity index (χ1v) is 9.31. The Bertz CT molecular complexity index is 778. The first-order valence-electron chi connectivity index (χ1n) is 9.31. The second-order valence-corrected chi connectivity index (χ2v) is 7.67. The molecule has 0 spiro atoms. The molecule has 0 aromatic carbocycles. The van der Waals surface area contributed by atoms with Gasteiger partial charge < -0.3 is 5.11 Å². The molecule has 1 unspecified atom stereocenters. The third-order valence-electron chi connectivity index (χ3n) is 5.07. The zero-order chi connectivity index (χ0) is 30.5. The lowest BCUT2D eigenvalue weighted by Crippen LogP contribution is -2.77. The Balaban J connectivity index is 7.01. The van der Waals surface area contributed by atoms with Crippen LogP contribution < -0.4 is 0 Å². The molecule has 0 aliphatic heterocycles. The first kappa shape index (κ1) is 35.6. The Kier molecular flexibility index (Phi) is 9.26. The van der Waals surface area contributed by atoms with Crippen molar-refractivity contribution in [3.05, 3.63) is 0 Å². The molecule has 1 atom stereocenters.